The number of amides is 1. The second kappa shape index (κ2) is 7.35. The van der Waals surface area contributed by atoms with Crippen molar-refractivity contribution in [3.63, 3.8) is 0 Å². The molecular formula is C22H20N2O4. The van der Waals surface area contributed by atoms with E-state index in [9.17, 15) is 14.7 Å². The average molecular weight is 376 g/mol. The molecule has 1 atom stereocenters. The minimum absolute atomic E-state index is 0.0972. The summed E-state index contributed by atoms with van der Waals surface area (Å²) < 4.78 is 5.44. The summed E-state index contributed by atoms with van der Waals surface area (Å²) >= 11 is 0. The van der Waals surface area contributed by atoms with Crippen LogP contribution in [-0.4, -0.2) is 29.6 Å². The number of rotatable bonds is 3. The molecule has 1 amide bonds. The quantitative estimate of drug-likeness (QED) is 0.831. The summed E-state index contributed by atoms with van der Waals surface area (Å²) in [5, 5.41) is 19.1. The molecular weight excluding hydrogens is 356 g/mol. The summed E-state index contributed by atoms with van der Waals surface area (Å²) in [7, 11) is 0. The number of esters is 1. The summed E-state index contributed by atoms with van der Waals surface area (Å²) in [5.41, 5.74) is 3.43. The van der Waals surface area contributed by atoms with Crippen molar-refractivity contribution in [1.29, 1.82) is 5.26 Å². The lowest BCUT2D eigenvalue weighted by molar-refractivity contribution is -0.124. The minimum Gasteiger partial charge on any atom is -0.507 e. The van der Waals surface area contributed by atoms with E-state index in [1.807, 2.05) is 6.07 Å². The molecule has 6 nitrogen and oxygen atoms in total. The number of phenolic OH excluding ortho intramolecular Hbond substituents is 1. The van der Waals surface area contributed by atoms with Crippen LogP contribution in [-0.2, 0) is 22.4 Å². The molecule has 0 bridgehead atoms. The number of aromatic hydroxyl groups is 1. The molecule has 1 fully saturated rings. The number of carbonyl (C=O) groups is 2. The number of anilines is 1. The number of ether oxygens (including phenoxy) is 1. The lowest BCUT2D eigenvalue weighted by Gasteiger charge is -2.19. The molecule has 4 rings (SSSR count). The molecule has 0 saturated carbocycles. The van der Waals surface area contributed by atoms with Gasteiger partial charge in [-0.3, -0.25) is 4.79 Å². The van der Waals surface area contributed by atoms with Crippen LogP contribution in [0, 0.1) is 11.3 Å². The molecule has 2 aliphatic rings. The average Bonchev–Trinajstić information content (AvgIpc) is 3.07. The van der Waals surface area contributed by atoms with E-state index in [1.165, 1.54) is 0 Å². The van der Waals surface area contributed by atoms with Crippen molar-refractivity contribution in [2.75, 3.05) is 11.4 Å². The SMILES string of the molecule is N#Cc1ccc(N2CC[C@@H](OC(=O)c3cc4c(cc3O)CCCC4)C2=O)cc1. The van der Waals surface area contributed by atoms with Crippen LogP contribution in [0.25, 0.3) is 0 Å². The van der Waals surface area contributed by atoms with E-state index in [-0.39, 0.29) is 17.2 Å². The van der Waals surface area contributed by atoms with E-state index in [2.05, 4.69) is 0 Å². The Morgan fingerprint density at radius 1 is 1.14 bits per heavy atom. The molecule has 0 radical (unpaired) electrons. The number of carbonyl (C=O) groups excluding carboxylic acids is 2. The number of aryl methyl sites for hydroxylation is 2. The number of benzene rings is 2. The highest BCUT2D eigenvalue weighted by molar-refractivity contribution is 6.01. The van der Waals surface area contributed by atoms with E-state index in [0.717, 1.165) is 36.8 Å². The third kappa shape index (κ3) is 3.31. The molecule has 2 aromatic carbocycles. The van der Waals surface area contributed by atoms with Gasteiger partial charge >= 0.3 is 5.97 Å². The molecule has 0 aromatic heterocycles. The van der Waals surface area contributed by atoms with Crippen LogP contribution in [0.3, 0.4) is 0 Å². The highest BCUT2D eigenvalue weighted by Gasteiger charge is 2.36. The van der Waals surface area contributed by atoms with E-state index in [4.69, 9.17) is 10.00 Å². The number of phenols is 1. The van der Waals surface area contributed by atoms with Gasteiger partial charge in [0.15, 0.2) is 6.10 Å². The fourth-order valence-electron chi connectivity index (χ4n) is 3.86. The third-order valence-corrected chi connectivity index (χ3v) is 5.39. The number of fused-ring (bicyclic) bond motifs is 1. The van der Waals surface area contributed by atoms with Crippen LogP contribution in [0.5, 0.6) is 5.75 Å². The lowest BCUT2D eigenvalue weighted by atomic mass is 9.90. The summed E-state index contributed by atoms with van der Waals surface area (Å²) in [6.45, 7) is 0.429. The summed E-state index contributed by atoms with van der Waals surface area (Å²) in [4.78, 5) is 26.8. The second-order valence-electron chi connectivity index (χ2n) is 7.18. The molecule has 0 spiro atoms. The van der Waals surface area contributed by atoms with Gasteiger partial charge in [-0.05, 0) is 73.2 Å². The maximum absolute atomic E-state index is 12.7. The van der Waals surface area contributed by atoms with E-state index in [0.29, 0.717) is 24.2 Å². The van der Waals surface area contributed by atoms with Crippen molar-refractivity contribution in [2.24, 2.45) is 0 Å². The Labute approximate surface area is 163 Å². The third-order valence-electron chi connectivity index (χ3n) is 5.39. The van der Waals surface area contributed by atoms with Gasteiger partial charge in [-0.15, -0.1) is 0 Å². The van der Waals surface area contributed by atoms with Crippen LogP contribution >= 0.6 is 0 Å². The Kier molecular flexibility index (Phi) is 4.74. The molecule has 2 aromatic rings. The maximum atomic E-state index is 12.7. The van der Waals surface area contributed by atoms with Gasteiger partial charge < -0.3 is 14.7 Å². The molecule has 28 heavy (non-hydrogen) atoms. The highest BCUT2D eigenvalue weighted by Crippen LogP contribution is 2.30. The number of hydrogen-bond donors (Lipinski definition) is 1. The zero-order chi connectivity index (χ0) is 19.7. The molecule has 1 heterocycles. The predicted molar refractivity (Wildman–Crippen MR) is 102 cm³/mol. The van der Waals surface area contributed by atoms with E-state index >= 15 is 0 Å². The number of nitrogens with zero attached hydrogens (tertiary/aromatic N) is 2. The summed E-state index contributed by atoms with van der Waals surface area (Å²) in [5.74, 6) is -1.07. The van der Waals surface area contributed by atoms with Crippen LogP contribution < -0.4 is 4.90 Å². The molecule has 142 valence electrons. The normalized spacial score (nSPS) is 18.5. The van der Waals surface area contributed by atoms with Gasteiger partial charge in [-0.1, -0.05) is 0 Å². The Bertz CT molecular complexity index is 975. The minimum atomic E-state index is -0.876. The Hall–Kier alpha value is -3.33. The molecule has 6 heteroatoms. The van der Waals surface area contributed by atoms with E-state index in [1.54, 1.807) is 41.3 Å². The van der Waals surface area contributed by atoms with Gasteiger partial charge in [0, 0.05) is 18.7 Å². The predicted octanol–water partition coefficient (Wildman–Crippen LogP) is 3.10. The zero-order valence-electron chi connectivity index (χ0n) is 15.4. The Balaban J connectivity index is 1.48. The first-order valence-electron chi connectivity index (χ1n) is 9.44. The summed E-state index contributed by atoms with van der Waals surface area (Å²) in [6.07, 6.45) is 3.43. The summed E-state index contributed by atoms with van der Waals surface area (Å²) in [6, 6.07) is 12.1. The first-order chi connectivity index (χ1) is 13.6. The van der Waals surface area contributed by atoms with Gasteiger partial charge in [0.25, 0.3) is 5.91 Å². The second-order valence-corrected chi connectivity index (χ2v) is 7.18. The molecule has 0 unspecified atom stereocenters. The van der Waals surface area contributed by atoms with Crippen molar-refractivity contribution in [2.45, 2.75) is 38.2 Å². The van der Waals surface area contributed by atoms with Crippen LogP contribution in [0.2, 0.25) is 0 Å². The van der Waals surface area contributed by atoms with Crippen molar-refractivity contribution >= 4 is 17.6 Å². The smallest absolute Gasteiger partial charge is 0.342 e. The fourth-order valence-corrected chi connectivity index (χ4v) is 3.86. The monoisotopic (exact) mass is 376 g/mol. The van der Waals surface area contributed by atoms with Gasteiger partial charge in [0.1, 0.15) is 11.3 Å². The number of nitriles is 1. The van der Waals surface area contributed by atoms with Crippen molar-refractivity contribution < 1.29 is 19.4 Å². The molecule has 1 saturated heterocycles. The van der Waals surface area contributed by atoms with Crippen molar-refractivity contribution in [1.82, 2.24) is 0 Å². The van der Waals surface area contributed by atoms with Gasteiger partial charge in [0.05, 0.1) is 11.6 Å². The lowest BCUT2D eigenvalue weighted by Crippen LogP contribution is -2.32. The van der Waals surface area contributed by atoms with Gasteiger partial charge in [-0.25, -0.2) is 4.79 Å². The highest BCUT2D eigenvalue weighted by atomic mass is 16.5. The van der Waals surface area contributed by atoms with Crippen LogP contribution in [0.15, 0.2) is 36.4 Å². The van der Waals surface area contributed by atoms with Crippen molar-refractivity contribution in [3.8, 4) is 11.8 Å². The topological polar surface area (TPSA) is 90.6 Å². The van der Waals surface area contributed by atoms with Gasteiger partial charge in [0.2, 0.25) is 0 Å². The first kappa shape index (κ1) is 18.1. The first-order valence-corrected chi connectivity index (χ1v) is 9.44. The van der Waals surface area contributed by atoms with E-state index < -0.39 is 12.1 Å². The van der Waals surface area contributed by atoms with Crippen LogP contribution in [0.4, 0.5) is 5.69 Å². The zero-order valence-corrected chi connectivity index (χ0v) is 15.4. The van der Waals surface area contributed by atoms with Crippen molar-refractivity contribution in [3.05, 3.63) is 58.7 Å². The fraction of sp³-hybridized carbons (Fsp3) is 0.318. The standard InChI is InChI=1S/C22H20N2O4/c23-13-14-5-7-17(8-6-14)24-10-9-20(21(24)26)28-22(27)18-11-15-3-1-2-4-16(15)12-19(18)25/h5-8,11-12,20,25H,1-4,9-10H2/t20-/m1/s1. The largest absolute Gasteiger partial charge is 0.507 e. The Morgan fingerprint density at radius 3 is 2.50 bits per heavy atom. The Morgan fingerprint density at radius 2 is 1.82 bits per heavy atom. The van der Waals surface area contributed by atoms with Gasteiger partial charge in [-0.2, -0.15) is 5.26 Å². The molecule has 1 N–H and O–H groups in total. The van der Waals surface area contributed by atoms with Crippen LogP contribution in [0.1, 0.15) is 46.3 Å². The number of hydrogen-bond acceptors (Lipinski definition) is 5. The molecule has 1 aliphatic heterocycles. The molecule has 1 aliphatic carbocycles. The maximum Gasteiger partial charge on any atom is 0.342 e.